The summed E-state index contributed by atoms with van der Waals surface area (Å²) in [6, 6.07) is 83.4. The zero-order valence-electron chi connectivity index (χ0n) is 59.7. The molecule has 504 valence electrons. The highest BCUT2D eigenvalue weighted by Gasteiger charge is 2.34. The van der Waals surface area contributed by atoms with Gasteiger partial charge < -0.3 is 20.0 Å². The second kappa shape index (κ2) is 29.8. The van der Waals surface area contributed by atoms with E-state index in [4.69, 9.17) is 0 Å². The van der Waals surface area contributed by atoms with Gasteiger partial charge in [-0.15, -0.1) is 0 Å². The summed E-state index contributed by atoms with van der Waals surface area (Å²) in [6.45, 7) is 22.7. The minimum Gasteiger partial charge on any atom is -0.871 e. The molecule has 0 spiro atoms. The standard InChI is InChI=1S/C48H44N2O2.C46H40N2O2/c1-31-17-27-43(33(3)29-31)49(35(5)37-13-9-7-10-14-37)41-23-19-39(20-24-41)45-47(51)46(48(45)52)40-21-25-42(26-22-40)50(36(6)38-15-11-8-12-16-38)44-28-18-32(2)30-34(44)4;1-31-15-25-41(33(3)27-31)47(29-35-11-7-5-8-12-35)39-21-17-37(18-22-39)43-45(49)44(46(43)50)38-19-23-40(24-20-38)48(30-36-13-9-6-10-14-36)42-26-16-32(2)28-34(42)4/h7-30,35-36H,1-6H3;5-28H,29-30H2,1-4H3. The summed E-state index contributed by atoms with van der Waals surface area (Å²) in [5, 5.41) is 27.3. The molecule has 10 aromatic rings. The first-order chi connectivity index (χ1) is 49.4. The van der Waals surface area contributed by atoms with Crippen LogP contribution >= 0.6 is 0 Å². The number of carbonyl (C=O) groups is 2. The maximum atomic E-state index is 13.7. The lowest BCUT2D eigenvalue weighted by Crippen LogP contribution is -2.30. The van der Waals surface area contributed by atoms with E-state index in [0.717, 1.165) is 45.5 Å². The van der Waals surface area contributed by atoms with Crippen LogP contribution in [-0.2, 0) is 22.7 Å². The maximum Gasteiger partial charge on any atom is 0.209 e. The minimum atomic E-state index is -0.210. The van der Waals surface area contributed by atoms with Crippen molar-refractivity contribution in [2.75, 3.05) is 9.80 Å². The fraction of sp³-hybridized carbons (Fsp3) is 0.149. The molecule has 0 N–H and O–H groups in total. The number of carbonyl (C=O) groups excluding carboxylic acids is 2. The summed E-state index contributed by atoms with van der Waals surface area (Å²) in [6.07, 6.45) is 15.6. The molecular formula is C94H84N4O4. The Morgan fingerprint density at radius 3 is 1.24 bits per heavy atom. The van der Waals surface area contributed by atoms with Crippen LogP contribution in [0.2, 0.25) is 0 Å². The average Bonchev–Trinajstić information content (AvgIpc) is 0.748. The van der Waals surface area contributed by atoms with Gasteiger partial charge in [-0.05, 0) is 180 Å². The van der Waals surface area contributed by atoms with E-state index in [1.807, 2.05) is 121 Å². The van der Waals surface area contributed by atoms with Gasteiger partial charge in [0.05, 0.1) is 6.04 Å². The summed E-state index contributed by atoms with van der Waals surface area (Å²) in [5.41, 5.74) is 26.4. The molecular weight excluding hydrogens is 1250 g/mol. The predicted molar refractivity (Wildman–Crippen MR) is 415 cm³/mol. The quantitative estimate of drug-likeness (QED) is 0.0707. The molecule has 0 heterocycles. The predicted octanol–water partition coefficient (Wildman–Crippen LogP) is 19.8. The lowest BCUT2D eigenvalue weighted by atomic mass is 9.80. The van der Waals surface area contributed by atoms with Gasteiger partial charge in [-0.2, -0.15) is 9.15 Å². The average molecular weight is 1330 g/mol. The van der Waals surface area contributed by atoms with E-state index in [0.29, 0.717) is 35.4 Å². The number of hydrogen-bond donors (Lipinski definition) is 0. The van der Waals surface area contributed by atoms with Crippen LogP contribution in [0.25, 0.3) is 11.1 Å². The van der Waals surface area contributed by atoms with Gasteiger partial charge in [0.1, 0.15) is 0 Å². The molecule has 0 aliphatic heterocycles. The van der Waals surface area contributed by atoms with E-state index in [1.165, 1.54) is 66.8 Å². The number of ketones is 2. The molecule has 0 radical (unpaired) electrons. The summed E-state index contributed by atoms with van der Waals surface area (Å²) < 4.78 is 4.60. The molecule has 2 unspecified atom stereocenters. The fourth-order valence-corrected chi connectivity index (χ4v) is 14.5. The van der Waals surface area contributed by atoms with E-state index in [2.05, 4.69) is 258 Å². The zero-order valence-corrected chi connectivity index (χ0v) is 59.7. The number of Topliss-reactive ketones (excluding diaryl/α,β-unsaturated/α-hetero) is 2. The van der Waals surface area contributed by atoms with E-state index in [-0.39, 0.29) is 57.5 Å². The molecule has 8 heteroatoms. The van der Waals surface area contributed by atoms with Gasteiger partial charge in [-0.3, -0.25) is 9.59 Å². The summed E-state index contributed by atoms with van der Waals surface area (Å²) in [7, 11) is 0. The van der Waals surface area contributed by atoms with Crippen molar-refractivity contribution in [2.24, 2.45) is 0 Å². The largest absolute Gasteiger partial charge is 0.871 e. The van der Waals surface area contributed by atoms with Crippen LogP contribution in [0.15, 0.2) is 325 Å². The third kappa shape index (κ3) is 14.3. The molecule has 0 fully saturated rings. The number of benzene rings is 10. The van der Waals surface area contributed by atoms with E-state index < -0.39 is 0 Å². The van der Waals surface area contributed by atoms with Gasteiger partial charge >= 0.3 is 0 Å². The van der Waals surface area contributed by atoms with Gasteiger partial charge in [0.15, 0.2) is 24.2 Å². The molecule has 4 aliphatic rings. The Morgan fingerprint density at radius 2 is 0.775 bits per heavy atom. The highest BCUT2D eigenvalue weighted by molar-refractivity contribution is 6.40. The molecule has 10 aromatic carbocycles. The number of rotatable bonds is 16. The Hall–Kier alpha value is -12.0. The Kier molecular flexibility index (Phi) is 20.0. The molecule has 0 amide bonds. The second-order valence-corrected chi connectivity index (χ2v) is 27.2. The van der Waals surface area contributed by atoms with Gasteiger partial charge in [0, 0.05) is 117 Å². The van der Waals surface area contributed by atoms with E-state index >= 15 is 0 Å². The Balaban J connectivity index is 0.000000182. The smallest absolute Gasteiger partial charge is 0.209 e. The Morgan fingerprint density at radius 1 is 0.373 bits per heavy atom. The van der Waals surface area contributed by atoms with Gasteiger partial charge in [0.2, 0.25) is 22.8 Å². The molecule has 0 saturated heterocycles. The Bertz CT molecular complexity index is 5200. The van der Waals surface area contributed by atoms with Crippen molar-refractivity contribution in [1.29, 1.82) is 0 Å². The van der Waals surface area contributed by atoms with Gasteiger partial charge in [0.25, 0.3) is 0 Å². The molecule has 2 atom stereocenters. The highest BCUT2D eigenvalue weighted by atomic mass is 16.3. The van der Waals surface area contributed by atoms with Crippen LogP contribution in [0.5, 0.6) is 0 Å². The number of nitrogens with zero attached hydrogens (tertiary/aromatic N) is 4. The van der Waals surface area contributed by atoms with Crippen LogP contribution in [0.4, 0.5) is 34.1 Å². The highest BCUT2D eigenvalue weighted by Crippen LogP contribution is 2.43. The van der Waals surface area contributed by atoms with Crippen molar-refractivity contribution < 1.29 is 29.0 Å². The normalized spacial score (nSPS) is 14.5. The van der Waals surface area contributed by atoms with Crippen molar-refractivity contribution in [2.45, 2.75) is 94.4 Å². The third-order valence-electron chi connectivity index (χ3n) is 19.8. The van der Waals surface area contributed by atoms with Crippen LogP contribution < -0.4 is 20.0 Å². The van der Waals surface area contributed by atoms with Crippen LogP contribution in [-0.4, -0.2) is 32.1 Å². The number of anilines is 4. The first-order valence-corrected chi connectivity index (χ1v) is 35.1. The molecule has 8 nitrogen and oxygen atoms in total. The summed E-state index contributed by atoms with van der Waals surface area (Å²) >= 11 is 0. The van der Waals surface area contributed by atoms with E-state index in [9.17, 15) is 19.8 Å². The van der Waals surface area contributed by atoms with Gasteiger partial charge in [-0.25, -0.2) is 0 Å². The zero-order chi connectivity index (χ0) is 71.3. The van der Waals surface area contributed by atoms with Crippen molar-refractivity contribution in [3.63, 3.8) is 0 Å². The lowest BCUT2D eigenvalue weighted by Gasteiger charge is -2.34. The van der Waals surface area contributed by atoms with Crippen molar-refractivity contribution in [3.8, 4) is 0 Å². The van der Waals surface area contributed by atoms with Crippen LogP contribution in [0.1, 0.15) is 104 Å². The maximum absolute atomic E-state index is 13.7. The first kappa shape index (κ1) is 68.5. The molecule has 0 saturated carbocycles. The number of hydrogen-bond acceptors (Lipinski definition) is 6. The van der Waals surface area contributed by atoms with Crippen LogP contribution in [0.3, 0.4) is 0 Å². The number of aryl methyl sites for hydroxylation is 8. The molecule has 0 bridgehead atoms. The second-order valence-electron chi connectivity index (χ2n) is 27.2. The lowest BCUT2D eigenvalue weighted by molar-refractivity contribution is -0.486. The summed E-state index contributed by atoms with van der Waals surface area (Å²) in [5.74, 6) is -0.834. The Labute approximate surface area is 600 Å². The SMILES string of the molecule is Cc1ccc(N(Cc2ccccc2)c2ccc(C3=C([O-])C(=C4C=CC(=[N+](Cc5ccccc5)c5ccc(C)cc5C)C=C4)C3=O)cc2)c(C)c1.Cc1ccc(N(c2ccc(C3=C([O-])C(=C4C=CC(=[N+](c5ccc(C)cc5C)C(C)c5ccccc5)C=C4)C3=O)cc2)C(C)c2ccccc2)c(C)c1. The van der Waals surface area contributed by atoms with Gasteiger partial charge in [-0.1, -0.05) is 216 Å². The van der Waals surface area contributed by atoms with Crippen LogP contribution in [0, 0.1) is 55.4 Å². The van der Waals surface area contributed by atoms with Crippen molar-refractivity contribution in [1.82, 2.24) is 0 Å². The minimum absolute atomic E-state index is 0.0533. The molecule has 14 rings (SSSR count). The topological polar surface area (TPSA) is 92.8 Å². The molecule has 102 heavy (non-hydrogen) atoms. The summed E-state index contributed by atoms with van der Waals surface area (Å²) in [4.78, 5) is 31.9. The molecule has 0 aromatic heterocycles. The third-order valence-corrected chi connectivity index (χ3v) is 19.8. The van der Waals surface area contributed by atoms with E-state index in [1.54, 1.807) is 0 Å². The monoisotopic (exact) mass is 1330 g/mol. The van der Waals surface area contributed by atoms with Crippen molar-refractivity contribution >= 4 is 68.3 Å². The fourth-order valence-electron chi connectivity index (χ4n) is 14.5. The number of allylic oxidation sites excluding steroid dienone is 14. The first-order valence-electron chi connectivity index (χ1n) is 35.1. The molecule has 4 aliphatic carbocycles. The van der Waals surface area contributed by atoms with Crippen molar-refractivity contribution in [3.05, 3.63) is 403 Å².